The summed E-state index contributed by atoms with van der Waals surface area (Å²) in [5.41, 5.74) is 3.60. The molecule has 7 heteroatoms. The van der Waals surface area contributed by atoms with Crippen LogP contribution in [0, 0.1) is 0 Å². The van der Waals surface area contributed by atoms with Gasteiger partial charge in [-0.1, -0.05) is 29.4 Å². The van der Waals surface area contributed by atoms with Gasteiger partial charge in [-0.25, -0.2) is 0 Å². The summed E-state index contributed by atoms with van der Waals surface area (Å²) in [5.74, 6) is -0.715. The molecule has 3 N–H and O–H groups in total. The molecule has 0 aromatic heterocycles. The number of allylic oxidation sites excluding steroid dienone is 3. The molecule has 0 saturated carbocycles. The zero-order valence-corrected chi connectivity index (χ0v) is 22.8. The Labute approximate surface area is 220 Å². The van der Waals surface area contributed by atoms with Gasteiger partial charge in [0.1, 0.15) is 22.9 Å². The van der Waals surface area contributed by atoms with E-state index >= 15 is 0 Å². The van der Waals surface area contributed by atoms with Gasteiger partial charge in [-0.2, -0.15) is 0 Å². The zero-order valence-electron chi connectivity index (χ0n) is 22.8. The van der Waals surface area contributed by atoms with Crippen LogP contribution in [0.15, 0.2) is 53.6 Å². The van der Waals surface area contributed by atoms with Gasteiger partial charge >= 0.3 is 0 Å². The lowest BCUT2D eigenvalue weighted by molar-refractivity contribution is -0.00881. The van der Waals surface area contributed by atoms with E-state index < -0.39 is 0 Å². The number of rotatable bonds is 10. The summed E-state index contributed by atoms with van der Waals surface area (Å²) >= 11 is 0. The molecule has 1 atom stereocenters. The van der Waals surface area contributed by atoms with Gasteiger partial charge in [-0.15, -0.1) is 0 Å². The summed E-state index contributed by atoms with van der Waals surface area (Å²) in [6.45, 7) is 8.66. The Morgan fingerprint density at radius 2 is 1.76 bits per heavy atom. The van der Waals surface area contributed by atoms with Gasteiger partial charge in [0.15, 0.2) is 0 Å². The van der Waals surface area contributed by atoms with E-state index in [4.69, 9.17) is 4.74 Å². The first-order valence-electron chi connectivity index (χ1n) is 12.7. The van der Waals surface area contributed by atoms with Gasteiger partial charge in [-0.3, -0.25) is 4.79 Å². The van der Waals surface area contributed by atoms with E-state index in [1.807, 2.05) is 13.0 Å². The van der Waals surface area contributed by atoms with Crippen LogP contribution < -0.4 is 9.80 Å². The second-order valence-corrected chi connectivity index (χ2v) is 10.4. The second-order valence-electron chi connectivity index (χ2n) is 10.4. The molecule has 0 saturated heterocycles. The highest BCUT2D eigenvalue weighted by Crippen LogP contribution is 2.49. The van der Waals surface area contributed by atoms with Crippen LogP contribution in [-0.4, -0.2) is 47.5 Å². The number of aromatic hydroxyl groups is 3. The van der Waals surface area contributed by atoms with Crippen molar-refractivity contribution in [1.29, 1.82) is 0 Å². The number of hydrogen-bond donors (Lipinski definition) is 3. The third kappa shape index (κ3) is 6.46. The fourth-order valence-electron chi connectivity index (χ4n) is 4.83. The first-order chi connectivity index (χ1) is 17.5. The number of benzene rings is 2. The minimum atomic E-state index is -0.322. The maximum absolute atomic E-state index is 13.6. The molecule has 0 radical (unpaired) electrons. The summed E-state index contributed by atoms with van der Waals surface area (Å²) in [6.07, 6.45) is 8.93. The number of carbonyl (C=O) groups is 1. The number of hydrogen-bond acceptors (Lipinski definition) is 6. The lowest BCUT2D eigenvalue weighted by atomic mass is 9.92. The molecular weight excluding hydrogens is 468 g/mol. The molecule has 0 aliphatic carbocycles. The summed E-state index contributed by atoms with van der Waals surface area (Å²) < 4.78 is 5.82. The van der Waals surface area contributed by atoms with Crippen molar-refractivity contribution in [2.75, 3.05) is 30.5 Å². The van der Waals surface area contributed by atoms with Crippen molar-refractivity contribution >= 4 is 23.0 Å². The fraction of sp³-hybridized carbons (Fsp3) is 0.433. The Bertz CT molecular complexity index is 1200. The molecule has 1 unspecified atom stereocenters. The number of phenolic OH excluding ortho intramolecular Hbond substituents is 3. The van der Waals surface area contributed by atoms with Crippen LogP contribution in [0.5, 0.6) is 17.2 Å². The third-order valence-corrected chi connectivity index (χ3v) is 7.12. The highest BCUT2D eigenvalue weighted by molar-refractivity contribution is 6.15. The molecule has 2 aromatic rings. The van der Waals surface area contributed by atoms with E-state index in [0.717, 1.165) is 37.7 Å². The van der Waals surface area contributed by atoms with Crippen LogP contribution >= 0.6 is 0 Å². The lowest BCUT2D eigenvalue weighted by Crippen LogP contribution is -2.30. The third-order valence-electron chi connectivity index (χ3n) is 7.12. The maximum Gasteiger partial charge on any atom is 0.260 e. The smallest absolute Gasteiger partial charge is 0.260 e. The van der Waals surface area contributed by atoms with Gasteiger partial charge in [0, 0.05) is 32.8 Å². The monoisotopic (exact) mass is 508 g/mol. The molecule has 37 heavy (non-hydrogen) atoms. The molecule has 1 heterocycles. The van der Waals surface area contributed by atoms with E-state index in [9.17, 15) is 20.1 Å². The number of fused-ring (bicyclic) bond motifs is 2. The van der Waals surface area contributed by atoms with Crippen LogP contribution in [0.3, 0.4) is 0 Å². The second kappa shape index (κ2) is 11.7. The molecule has 1 amide bonds. The highest BCUT2D eigenvalue weighted by atomic mass is 16.5. The van der Waals surface area contributed by atoms with Crippen LogP contribution in [0.2, 0.25) is 0 Å². The zero-order chi connectivity index (χ0) is 27.3. The Kier molecular flexibility index (Phi) is 8.92. The molecule has 1 aliphatic heterocycles. The number of carbonyl (C=O) groups excluding carboxylic acids is 1. The summed E-state index contributed by atoms with van der Waals surface area (Å²) in [7, 11) is 3.45. The first-order valence-corrected chi connectivity index (χ1v) is 12.7. The molecule has 7 nitrogen and oxygen atoms in total. The molecule has 3 rings (SSSR count). The average Bonchev–Trinajstić information content (AvgIpc) is 2.91. The first kappa shape index (κ1) is 28.1. The number of methoxy groups -OCH3 is 1. The summed E-state index contributed by atoms with van der Waals surface area (Å²) in [4.78, 5) is 16.8. The van der Waals surface area contributed by atoms with Crippen LogP contribution in [0.25, 0.3) is 0 Å². The van der Waals surface area contributed by atoms with Crippen LogP contribution in [-0.2, 0) is 4.74 Å². The average molecular weight is 509 g/mol. The predicted molar refractivity (Wildman–Crippen MR) is 149 cm³/mol. The molecule has 200 valence electrons. The number of ether oxygens (including phenoxy) is 1. The van der Waals surface area contributed by atoms with E-state index in [-0.39, 0.29) is 35.3 Å². The van der Waals surface area contributed by atoms with Gasteiger partial charge in [-0.05, 0) is 71.9 Å². The Balaban J connectivity index is 1.81. The fourth-order valence-corrected chi connectivity index (χ4v) is 4.83. The van der Waals surface area contributed by atoms with Crippen molar-refractivity contribution < 1.29 is 24.9 Å². The molecular formula is C30H40N2O5. The molecule has 1 aliphatic rings. The van der Waals surface area contributed by atoms with Crippen molar-refractivity contribution in [3.8, 4) is 17.2 Å². The van der Waals surface area contributed by atoms with Crippen molar-refractivity contribution in [1.82, 2.24) is 0 Å². The Morgan fingerprint density at radius 3 is 2.43 bits per heavy atom. The van der Waals surface area contributed by atoms with Crippen LogP contribution in [0.1, 0.15) is 70.2 Å². The molecule has 0 fully saturated rings. The number of para-hydroxylation sites is 1. The van der Waals surface area contributed by atoms with Crippen molar-refractivity contribution in [2.45, 2.75) is 65.4 Å². The SMILES string of the molecule is COC(C)(CCC=C(C)C)CCC/C(C)=C/CN1C(=O)c2cccc(O)c2N(C)c2c(O)cc(O)cc21. The van der Waals surface area contributed by atoms with E-state index in [2.05, 4.69) is 26.8 Å². The number of phenols is 3. The maximum atomic E-state index is 13.6. The molecule has 2 aromatic carbocycles. The predicted octanol–water partition coefficient (Wildman–Crippen LogP) is 6.80. The quantitative estimate of drug-likeness (QED) is 0.306. The lowest BCUT2D eigenvalue weighted by Gasteiger charge is -2.28. The topological polar surface area (TPSA) is 93.5 Å². The standard InChI is InChI=1S/C30H40N2O5/c1-20(2)10-8-15-30(4,37-6)16-9-11-21(3)14-17-32-24-18-22(33)19-26(35)28(24)31(5)27-23(29(32)36)12-7-13-25(27)34/h7,10,12-14,18-19,33-35H,8-9,11,15-17H2,1-6H3/b21-14+. The van der Waals surface area contributed by atoms with Gasteiger partial charge in [0.25, 0.3) is 5.91 Å². The largest absolute Gasteiger partial charge is 0.508 e. The number of anilines is 3. The normalized spacial score (nSPS) is 15.1. The highest BCUT2D eigenvalue weighted by Gasteiger charge is 2.33. The number of amides is 1. The van der Waals surface area contributed by atoms with E-state index in [1.54, 1.807) is 31.2 Å². The molecule has 0 spiro atoms. The summed E-state index contributed by atoms with van der Waals surface area (Å²) in [6, 6.07) is 7.48. The Morgan fingerprint density at radius 1 is 1.03 bits per heavy atom. The van der Waals surface area contributed by atoms with E-state index in [0.29, 0.717) is 22.6 Å². The van der Waals surface area contributed by atoms with Gasteiger partial charge in [0.2, 0.25) is 0 Å². The molecule has 0 bridgehead atoms. The van der Waals surface area contributed by atoms with Crippen molar-refractivity contribution in [3.63, 3.8) is 0 Å². The van der Waals surface area contributed by atoms with Gasteiger partial charge in [0.05, 0.1) is 22.5 Å². The summed E-state index contributed by atoms with van der Waals surface area (Å²) in [5, 5.41) is 31.4. The Hall–Kier alpha value is -3.45. The van der Waals surface area contributed by atoms with Gasteiger partial charge < -0.3 is 29.9 Å². The number of nitrogens with zero attached hydrogens (tertiary/aromatic N) is 2. The van der Waals surface area contributed by atoms with E-state index in [1.165, 1.54) is 28.7 Å². The van der Waals surface area contributed by atoms with Crippen molar-refractivity contribution in [2.24, 2.45) is 0 Å². The minimum Gasteiger partial charge on any atom is -0.508 e. The van der Waals surface area contributed by atoms with Crippen LogP contribution in [0.4, 0.5) is 17.1 Å². The van der Waals surface area contributed by atoms with Crippen molar-refractivity contribution in [3.05, 3.63) is 59.2 Å². The minimum absolute atomic E-state index is 0.0638.